The number of nitrogens with two attached hydrogens (primary N) is 1. The molecule has 0 radical (unpaired) electrons. The lowest BCUT2D eigenvalue weighted by atomic mass is 10.0. The first-order valence-corrected chi connectivity index (χ1v) is 12.2. The minimum Gasteiger partial charge on any atom is -0.380 e. The third-order valence-corrected chi connectivity index (χ3v) is 7.26. The van der Waals surface area contributed by atoms with E-state index in [1.165, 1.54) is 6.07 Å². The van der Waals surface area contributed by atoms with Crippen molar-refractivity contribution in [3.05, 3.63) is 71.4 Å². The summed E-state index contributed by atoms with van der Waals surface area (Å²) in [5.74, 6) is -0.542. The number of hydrogen-bond donors (Lipinski definition) is 3. The highest BCUT2D eigenvalue weighted by Gasteiger charge is 2.43. The molecule has 0 spiro atoms. The van der Waals surface area contributed by atoms with E-state index in [-0.39, 0.29) is 23.6 Å². The Morgan fingerprint density at radius 1 is 1.11 bits per heavy atom. The molecule has 3 aliphatic rings. The molecule has 4 N–H and O–H groups in total. The maximum atomic E-state index is 14.6. The monoisotopic (exact) mass is 505 g/mol. The summed E-state index contributed by atoms with van der Waals surface area (Å²) in [5.41, 5.74) is 7.36. The number of carbonyl (C=O) groups is 2. The molecule has 2 aromatic carbocycles. The third-order valence-electron chi connectivity index (χ3n) is 7.26. The van der Waals surface area contributed by atoms with Crippen molar-refractivity contribution in [1.29, 1.82) is 0 Å². The van der Waals surface area contributed by atoms with Crippen molar-refractivity contribution < 1.29 is 18.4 Å². The van der Waals surface area contributed by atoms with E-state index >= 15 is 0 Å². The van der Waals surface area contributed by atoms with Gasteiger partial charge in [-0.15, -0.1) is 0 Å². The van der Waals surface area contributed by atoms with E-state index in [4.69, 9.17) is 10.7 Å². The van der Waals surface area contributed by atoms with Crippen LogP contribution < -0.4 is 26.2 Å². The van der Waals surface area contributed by atoms with Crippen LogP contribution in [0.25, 0.3) is 0 Å². The molecule has 3 aromatic rings. The Balaban J connectivity index is 1.25. The molecule has 0 aliphatic carbocycles. The predicted molar refractivity (Wildman–Crippen MR) is 134 cm³/mol. The van der Waals surface area contributed by atoms with Gasteiger partial charge in [0.1, 0.15) is 23.4 Å². The Labute approximate surface area is 211 Å². The molecule has 0 saturated carbocycles. The molecule has 2 saturated heterocycles. The number of primary amides is 1. The third kappa shape index (κ3) is 4.20. The van der Waals surface area contributed by atoms with Crippen LogP contribution in [0.5, 0.6) is 0 Å². The maximum Gasteiger partial charge on any atom is 0.248 e. The van der Waals surface area contributed by atoms with E-state index < -0.39 is 23.6 Å². The molecule has 4 heterocycles. The Morgan fingerprint density at radius 3 is 2.70 bits per heavy atom. The summed E-state index contributed by atoms with van der Waals surface area (Å²) in [4.78, 5) is 37.3. The second kappa shape index (κ2) is 8.99. The Kier molecular flexibility index (Phi) is 5.62. The topological polar surface area (TPSA) is 116 Å². The van der Waals surface area contributed by atoms with Gasteiger partial charge in [0.25, 0.3) is 0 Å². The predicted octanol–water partition coefficient (Wildman–Crippen LogP) is 3.21. The normalized spacial score (nSPS) is 22.4. The highest BCUT2D eigenvalue weighted by Crippen LogP contribution is 2.40. The van der Waals surface area contributed by atoms with Crippen molar-refractivity contribution in [1.82, 2.24) is 9.97 Å². The SMILES string of the molecule is NC(=O)c1ccc(N[C@H]2C[C@H]3C(=O)Nc4cnc(N5CCCC5c5cc(F)ccc5F)nc4N3C2)cc1. The summed E-state index contributed by atoms with van der Waals surface area (Å²) in [6.45, 7) is 1.14. The first-order chi connectivity index (χ1) is 17.9. The molecule has 2 amide bonds. The first-order valence-electron chi connectivity index (χ1n) is 12.2. The van der Waals surface area contributed by atoms with E-state index in [9.17, 15) is 18.4 Å². The van der Waals surface area contributed by atoms with Gasteiger partial charge < -0.3 is 26.2 Å². The number of nitrogens with one attached hydrogen (secondary N) is 2. The lowest BCUT2D eigenvalue weighted by Gasteiger charge is -2.33. The average molecular weight is 506 g/mol. The fraction of sp³-hybridized carbons (Fsp3) is 0.308. The van der Waals surface area contributed by atoms with Crippen LogP contribution in [-0.2, 0) is 4.79 Å². The number of aromatic nitrogens is 2. The minimum absolute atomic E-state index is 0.0412. The van der Waals surface area contributed by atoms with Gasteiger partial charge in [0.15, 0.2) is 5.82 Å². The molecular weight excluding hydrogens is 480 g/mol. The molecule has 1 unspecified atom stereocenters. The number of fused-ring (bicyclic) bond motifs is 3. The van der Waals surface area contributed by atoms with Crippen LogP contribution in [0.15, 0.2) is 48.7 Å². The molecule has 9 nitrogen and oxygen atoms in total. The zero-order chi connectivity index (χ0) is 25.7. The second-order valence-electron chi connectivity index (χ2n) is 9.60. The van der Waals surface area contributed by atoms with Gasteiger partial charge in [0.05, 0.1) is 12.2 Å². The number of carbonyl (C=O) groups excluding carboxylic acids is 2. The fourth-order valence-corrected chi connectivity index (χ4v) is 5.51. The fourth-order valence-electron chi connectivity index (χ4n) is 5.51. The van der Waals surface area contributed by atoms with Gasteiger partial charge in [-0.1, -0.05) is 0 Å². The quantitative estimate of drug-likeness (QED) is 0.488. The number of rotatable bonds is 5. The lowest BCUT2D eigenvalue weighted by Crippen LogP contribution is -2.44. The van der Waals surface area contributed by atoms with Crippen LogP contribution in [0.1, 0.15) is 41.2 Å². The highest BCUT2D eigenvalue weighted by atomic mass is 19.1. The van der Waals surface area contributed by atoms with Crippen molar-refractivity contribution in [2.24, 2.45) is 5.73 Å². The molecule has 6 rings (SSSR count). The van der Waals surface area contributed by atoms with Crippen LogP contribution >= 0.6 is 0 Å². The summed E-state index contributed by atoms with van der Waals surface area (Å²) in [6, 6.07) is 9.54. The van der Waals surface area contributed by atoms with Gasteiger partial charge in [-0.2, -0.15) is 4.98 Å². The summed E-state index contributed by atoms with van der Waals surface area (Å²) < 4.78 is 28.5. The molecule has 3 aliphatic heterocycles. The van der Waals surface area contributed by atoms with Crippen LogP contribution in [0, 0.1) is 11.6 Å². The van der Waals surface area contributed by atoms with Crippen LogP contribution in [-0.4, -0.2) is 47.0 Å². The number of nitrogens with zero attached hydrogens (tertiary/aromatic N) is 4. The average Bonchev–Trinajstić information content (AvgIpc) is 3.54. The number of anilines is 4. The van der Waals surface area contributed by atoms with Gasteiger partial charge in [0.2, 0.25) is 17.8 Å². The van der Waals surface area contributed by atoms with Crippen LogP contribution in [0.3, 0.4) is 0 Å². The first kappa shape index (κ1) is 23.1. The summed E-state index contributed by atoms with van der Waals surface area (Å²) >= 11 is 0. The standard InChI is InChI=1S/C26H25F2N7O2/c27-15-5-8-19(28)18(10-15)21-2-1-9-34(21)26-30-12-20-24(33-26)35-13-17(11-22(35)25(37)32-20)31-16-6-3-14(4-7-16)23(29)36/h3-8,10,12,17,21-22,31H,1-2,9,11,13H2,(H2,29,36)(H,32,37)/t17-,21?,22-/m0/s1. The van der Waals surface area contributed by atoms with Gasteiger partial charge in [-0.25, -0.2) is 13.8 Å². The van der Waals surface area contributed by atoms with Crippen molar-refractivity contribution in [2.45, 2.75) is 37.4 Å². The van der Waals surface area contributed by atoms with Crippen molar-refractivity contribution in [3.63, 3.8) is 0 Å². The Bertz CT molecular complexity index is 1380. The van der Waals surface area contributed by atoms with E-state index in [0.29, 0.717) is 48.9 Å². The number of hydrogen-bond acceptors (Lipinski definition) is 7. The molecule has 190 valence electrons. The smallest absolute Gasteiger partial charge is 0.248 e. The van der Waals surface area contributed by atoms with E-state index in [0.717, 1.165) is 24.2 Å². The number of benzene rings is 2. The zero-order valence-electron chi connectivity index (χ0n) is 19.8. The number of halogens is 2. The summed E-state index contributed by atoms with van der Waals surface area (Å²) in [7, 11) is 0. The van der Waals surface area contributed by atoms with E-state index in [1.54, 1.807) is 30.5 Å². The van der Waals surface area contributed by atoms with E-state index in [1.807, 2.05) is 9.80 Å². The van der Waals surface area contributed by atoms with Gasteiger partial charge in [-0.05, 0) is 61.7 Å². The van der Waals surface area contributed by atoms with E-state index in [2.05, 4.69) is 15.6 Å². The van der Waals surface area contributed by atoms with Crippen molar-refractivity contribution >= 4 is 35.0 Å². The molecule has 1 aromatic heterocycles. The van der Waals surface area contributed by atoms with Crippen LogP contribution in [0.2, 0.25) is 0 Å². The Morgan fingerprint density at radius 2 is 1.92 bits per heavy atom. The minimum atomic E-state index is -0.492. The maximum absolute atomic E-state index is 14.6. The highest BCUT2D eigenvalue weighted by molar-refractivity contribution is 6.03. The summed E-state index contributed by atoms with van der Waals surface area (Å²) in [6.07, 6.45) is 3.59. The zero-order valence-corrected chi connectivity index (χ0v) is 19.8. The molecule has 37 heavy (non-hydrogen) atoms. The molecule has 2 fully saturated rings. The van der Waals surface area contributed by atoms with Gasteiger partial charge >= 0.3 is 0 Å². The molecule has 0 bridgehead atoms. The largest absolute Gasteiger partial charge is 0.380 e. The molecule has 3 atom stereocenters. The lowest BCUT2D eigenvalue weighted by molar-refractivity contribution is -0.117. The summed E-state index contributed by atoms with van der Waals surface area (Å²) in [5, 5.41) is 6.32. The molecular formula is C26H25F2N7O2. The van der Waals surface area contributed by atoms with Crippen LogP contribution in [0.4, 0.5) is 31.9 Å². The van der Waals surface area contributed by atoms with Gasteiger partial charge in [-0.3, -0.25) is 9.59 Å². The van der Waals surface area contributed by atoms with Crippen molar-refractivity contribution in [2.75, 3.05) is 33.5 Å². The number of amides is 2. The Hall–Kier alpha value is -4.28. The van der Waals surface area contributed by atoms with Gasteiger partial charge in [0, 0.05) is 35.9 Å². The van der Waals surface area contributed by atoms with Crippen molar-refractivity contribution in [3.8, 4) is 0 Å². The molecule has 11 heteroatoms. The second-order valence-corrected chi connectivity index (χ2v) is 9.60.